The molecule has 78 heavy (non-hydrogen) atoms. The summed E-state index contributed by atoms with van der Waals surface area (Å²) in [4.78, 5) is 0. The second-order valence-corrected chi connectivity index (χ2v) is 20.8. The van der Waals surface area contributed by atoms with Gasteiger partial charge in [0.15, 0.2) is 11.2 Å². The summed E-state index contributed by atoms with van der Waals surface area (Å²) >= 11 is 0. The fourth-order valence-electron chi connectivity index (χ4n) is 13.5. The van der Waals surface area contributed by atoms with Crippen molar-refractivity contribution in [3.05, 3.63) is 255 Å². The van der Waals surface area contributed by atoms with Gasteiger partial charge in [-0.05, 0) is 114 Å². The zero-order valence-electron chi connectivity index (χ0n) is 41.9. The summed E-state index contributed by atoms with van der Waals surface area (Å²) in [7, 11) is 0. The minimum absolute atomic E-state index is 0.877. The highest BCUT2D eigenvalue weighted by molar-refractivity contribution is 6.25. The van der Waals surface area contributed by atoms with Gasteiger partial charge in [0, 0.05) is 87.4 Å². The van der Waals surface area contributed by atoms with Crippen LogP contribution in [0.15, 0.2) is 264 Å². The Kier molecular flexibility index (Phi) is 8.30. The van der Waals surface area contributed by atoms with Crippen LogP contribution in [0.5, 0.6) is 0 Å². The van der Waals surface area contributed by atoms with Crippen LogP contribution in [-0.2, 0) is 0 Å². The van der Waals surface area contributed by atoms with Crippen molar-refractivity contribution in [3.8, 4) is 33.9 Å². The topological polar surface area (TPSA) is 46.0 Å². The van der Waals surface area contributed by atoms with E-state index in [2.05, 4.69) is 267 Å². The molecule has 0 N–H and O–H groups in total. The number of furan rings is 2. The zero-order chi connectivity index (χ0) is 50.7. The molecule has 18 aromatic rings. The number of hydrogen-bond donors (Lipinski definition) is 0. The van der Waals surface area contributed by atoms with Gasteiger partial charge in [0.25, 0.3) is 0 Å². The quantitative estimate of drug-likeness (QED) is 0.172. The molecule has 6 heteroatoms. The summed E-state index contributed by atoms with van der Waals surface area (Å²) in [5, 5.41) is 14.0. The van der Waals surface area contributed by atoms with Crippen LogP contribution in [0.3, 0.4) is 0 Å². The van der Waals surface area contributed by atoms with E-state index >= 15 is 0 Å². The average Bonchev–Trinajstić information content (AvgIpc) is 4.49. The van der Waals surface area contributed by atoms with Crippen LogP contribution in [0.1, 0.15) is 0 Å². The molecule has 6 aromatic heterocycles. The fourth-order valence-corrected chi connectivity index (χ4v) is 13.5. The van der Waals surface area contributed by atoms with E-state index in [1.807, 2.05) is 6.07 Å². The van der Waals surface area contributed by atoms with Crippen molar-refractivity contribution in [2.24, 2.45) is 0 Å². The van der Waals surface area contributed by atoms with Gasteiger partial charge in [0.1, 0.15) is 11.2 Å². The average molecular weight is 995 g/mol. The summed E-state index contributed by atoms with van der Waals surface area (Å²) in [5.74, 6) is 0. The highest BCUT2D eigenvalue weighted by Crippen LogP contribution is 2.46. The number of nitrogens with zero attached hydrogens (tertiary/aromatic N) is 4. The maximum absolute atomic E-state index is 6.92. The van der Waals surface area contributed by atoms with Crippen LogP contribution in [0.2, 0.25) is 0 Å². The van der Waals surface area contributed by atoms with Crippen molar-refractivity contribution >= 4 is 131 Å². The molecule has 0 spiro atoms. The van der Waals surface area contributed by atoms with Crippen LogP contribution < -0.4 is 0 Å². The lowest BCUT2D eigenvalue weighted by atomic mass is 9.98. The van der Waals surface area contributed by atoms with Gasteiger partial charge in [-0.15, -0.1) is 0 Å². The summed E-state index contributed by atoms with van der Waals surface area (Å²) in [6.45, 7) is 0. The Morgan fingerprint density at radius 1 is 0.231 bits per heavy atom. The van der Waals surface area contributed by atoms with Crippen LogP contribution >= 0.6 is 0 Å². The van der Waals surface area contributed by atoms with Gasteiger partial charge in [-0.2, -0.15) is 0 Å². The summed E-state index contributed by atoms with van der Waals surface area (Å²) in [6, 6.07) is 92.5. The Bertz CT molecular complexity index is 5530. The summed E-state index contributed by atoms with van der Waals surface area (Å²) < 4.78 is 23.3. The number of benzene rings is 12. The molecule has 0 saturated heterocycles. The first-order valence-electron chi connectivity index (χ1n) is 26.7. The van der Waals surface area contributed by atoms with Gasteiger partial charge in [0.05, 0.1) is 44.1 Å². The van der Waals surface area contributed by atoms with Crippen LogP contribution in [0.25, 0.3) is 165 Å². The molecule has 0 bridgehead atoms. The van der Waals surface area contributed by atoms with E-state index in [1.54, 1.807) is 0 Å². The molecule has 0 radical (unpaired) electrons. The van der Waals surface area contributed by atoms with E-state index in [0.717, 1.165) is 122 Å². The zero-order valence-corrected chi connectivity index (χ0v) is 41.9. The molecule has 0 unspecified atom stereocenters. The molecular weight excluding hydrogens is 953 g/mol. The van der Waals surface area contributed by atoms with E-state index in [1.165, 1.54) is 43.4 Å². The first kappa shape index (κ1) is 41.8. The molecule has 0 amide bonds. The molecule has 0 aliphatic heterocycles. The van der Waals surface area contributed by atoms with Crippen molar-refractivity contribution in [1.29, 1.82) is 0 Å². The fraction of sp³-hybridized carbons (Fsp3) is 0. The molecule has 0 fully saturated rings. The van der Waals surface area contributed by atoms with Crippen molar-refractivity contribution in [2.45, 2.75) is 0 Å². The molecule has 6 heterocycles. The lowest BCUT2D eigenvalue weighted by Crippen LogP contribution is -1.99. The maximum Gasteiger partial charge on any atom is 0.160 e. The molecule has 6 nitrogen and oxygen atoms in total. The monoisotopic (exact) mass is 994 g/mol. The van der Waals surface area contributed by atoms with E-state index in [4.69, 9.17) is 8.83 Å². The van der Waals surface area contributed by atoms with Crippen molar-refractivity contribution in [2.75, 3.05) is 0 Å². The normalized spacial score (nSPS) is 12.4. The van der Waals surface area contributed by atoms with Crippen molar-refractivity contribution in [1.82, 2.24) is 18.3 Å². The Morgan fingerprint density at radius 2 is 0.628 bits per heavy atom. The lowest BCUT2D eigenvalue weighted by Gasteiger charge is -2.14. The molecule has 0 atom stereocenters. The van der Waals surface area contributed by atoms with E-state index in [-0.39, 0.29) is 0 Å². The van der Waals surface area contributed by atoms with Gasteiger partial charge in [-0.25, -0.2) is 0 Å². The van der Waals surface area contributed by atoms with Gasteiger partial charge < -0.3 is 27.1 Å². The van der Waals surface area contributed by atoms with Crippen LogP contribution in [-0.4, -0.2) is 18.3 Å². The molecule has 362 valence electrons. The van der Waals surface area contributed by atoms with Gasteiger partial charge in [-0.1, -0.05) is 152 Å². The number of hydrogen-bond acceptors (Lipinski definition) is 2. The van der Waals surface area contributed by atoms with E-state index < -0.39 is 0 Å². The van der Waals surface area contributed by atoms with E-state index in [9.17, 15) is 0 Å². The largest absolute Gasteiger partial charge is 0.454 e. The molecule has 0 aliphatic rings. The van der Waals surface area contributed by atoms with E-state index in [0.29, 0.717) is 0 Å². The second-order valence-electron chi connectivity index (χ2n) is 20.8. The Labute approximate surface area is 444 Å². The third-order valence-electron chi connectivity index (χ3n) is 16.8. The Morgan fingerprint density at radius 3 is 1.23 bits per heavy atom. The van der Waals surface area contributed by atoms with Gasteiger partial charge >= 0.3 is 0 Å². The van der Waals surface area contributed by atoms with Crippen LogP contribution in [0.4, 0.5) is 0 Å². The first-order valence-corrected chi connectivity index (χ1v) is 26.7. The van der Waals surface area contributed by atoms with Crippen molar-refractivity contribution in [3.63, 3.8) is 0 Å². The predicted molar refractivity (Wildman–Crippen MR) is 324 cm³/mol. The minimum atomic E-state index is 0.877. The third-order valence-corrected chi connectivity index (χ3v) is 16.8. The molecule has 12 aromatic carbocycles. The maximum atomic E-state index is 6.92. The molecule has 18 rings (SSSR count). The lowest BCUT2D eigenvalue weighted by molar-refractivity contribution is 0.670. The predicted octanol–water partition coefficient (Wildman–Crippen LogP) is 19.5. The summed E-state index contributed by atoms with van der Waals surface area (Å²) in [5.41, 5.74) is 19.1. The molecule has 0 saturated carbocycles. The number of rotatable bonds is 5. The smallest absolute Gasteiger partial charge is 0.160 e. The summed E-state index contributed by atoms with van der Waals surface area (Å²) in [6.07, 6.45) is 0. The van der Waals surface area contributed by atoms with Crippen molar-refractivity contribution < 1.29 is 8.83 Å². The molecular formula is C72H42N4O2. The number of para-hydroxylation sites is 6. The SMILES string of the molecule is c1cc(-n2c3ccccc3c3ccc(-c4cccc5c4c4ccc6c7ccccc7oc6c4n5-c4ccc(-n5c6ccccc6c6ccccc65)cc4)cc32)cc(-n2c3ccccc3c3ccc4c5ccccc5oc4c32)c1. The van der Waals surface area contributed by atoms with Gasteiger partial charge in [0.2, 0.25) is 0 Å². The molecule has 0 aliphatic carbocycles. The Balaban J connectivity index is 0.853. The first-order chi connectivity index (χ1) is 38.7. The minimum Gasteiger partial charge on any atom is -0.454 e. The standard InChI is InChI=1S/C72H42N4O2/c1-7-24-60-49(17-1)50-18-2-8-25-61(50)73(60)44-32-34-45(35-33-44)75-64-28-14-23-48(68(64)59-40-39-58-55-22-6-12-30-67(55)78-72(58)70(59)75)43-31-36-53-51-19-3-9-26-62(51)74(65(53)41-43)46-15-13-16-47(42-46)76-63-27-10-4-20-52(63)56-37-38-57-54-21-5-11-29-66(54)77-71(57)69(56)76/h1-42H. The third kappa shape index (κ3) is 5.59. The second kappa shape index (κ2) is 15.5. The van der Waals surface area contributed by atoms with Crippen LogP contribution in [0, 0.1) is 0 Å². The Hall–Kier alpha value is -10.6. The highest BCUT2D eigenvalue weighted by atomic mass is 16.3. The number of aromatic nitrogens is 4. The number of fused-ring (bicyclic) bond motifs is 20. The van der Waals surface area contributed by atoms with Gasteiger partial charge in [-0.3, -0.25) is 0 Å². The highest BCUT2D eigenvalue weighted by Gasteiger charge is 2.24.